The highest BCUT2D eigenvalue weighted by atomic mass is 16.5. The van der Waals surface area contributed by atoms with E-state index in [-0.39, 0.29) is 6.67 Å². The Morgan fingerprint density at radius 3 is 1.09 bits per heavy atom. The van der Waals surface area contributed by atoms with Crippen molar-refractivity contribution >= 4 is 79.9 Å². The van der Waals surface area contributed by atoms with Crippen LogP contribution in [0, 0.1) is 27.7 Å². The highest BCUT2D eigenvalue weighted by Gasteiger charge is 2.33. The summed E-state index contributed by atoms with van der Waals surface area (Å²) in [4.78, 5) is 26.9. The van der Waals surface area contributed by atoms with Gasteiger partial charge in [-0.25, -0.2) is 9.97 Å². The van der Waals surface area contributed by atoms with Crippen molar-refractivity contribution in [3.63, 3.8) is 0 Å². The van der Waals surface area contributed by atoms with Gasteiger partial charge in [-0.15, -0.1) is 0 Å². The number of anilines is 14. The predicted octanol–water partition coefficient (Wildman–Crippen LogP) is 14.9. The van der Waals surface area contributed by atoms with Crippen molar-refractivity contribution in [1.29, 1.82) is 0 Å². The summed E-state index contributed by atoms with van der Waals surface area (Å²) in [6.07, 6.45) is 3.68. The number of hydrogen-bond donors (Lipinski definition) is 0. The van der Waals surface area contributed by atoms with E-state index in [0.29, 0.717) is 30.5 Å². The van der Waals surface area contributed by atoms with Gasteiger partial charge >= 0.3 is 0 Å². The molecule has 12 nitrogen and oxygen atoms in total. The lowest BCUT2D eigenvalue weighted by Gasteiger charge is -2.24. The highest BCUT2D eigenvalue weighted by Crippen LogP contribution is 2.48. The molecule has 9 aromatic rings. The molecule has 13 rings (SSSR count). The van der Waals surface area contributed by atoms with Crippen LogP contribution in [0.2, 0.25) is 0 Å². The van der Waals surface area contributed by atoms with Gasteiger partial charge in [-0.3, -0.25) is 0 Å². The number of aromatic nitrogens is 2. The minimum absolute atomic E-state index is 0.202. The van der Waals surface area contributed by atoms with Crippen LogP contribution in [0.25, 0.3) is 0 Å². The van der Waals surface area contributed by atoms with Crippen molar-refractivity contribution < 1.29 is 13.6 Å². The van der Waals surface area contributed by atoms with Gasteiger partial charge in [-0.2, -0.15) is 0 Å². The van der Waals surface area contributed by atoms with Crippen molar-refractivity contribution in [1.82, 2.24) is 9.97 Å². The van der Waals surface area contributed by atoms with Crippen LogP contribution in [-0.2, 0) is 0 Å². The fourth-order valence-electron chi connectivity index (χ4n) is 10.6. The Bertz CT molecular complexity index is 3760. The van der Waals surface area contributed by atoms with Gasteiger partial charge in [0, 0.05) is 88.9 Å². The van der Waals surface area contributed by atoms with Gasteiger partial charge in [-0.1, -0.05) is 24.3 Å². The molecule has 6 heterocycles. The van der Waals surface area contributed by atoms with Gasteiger partial charge in [0.2, 0.25) is 0 Å². The summed E-state index contributed by atoms with van der Waals surface area (Å²) in [5, 5.41) is 0. The third-order valence-corrected chi connectivity index (χ3v) is 14.8. The number of pyridine rings is 2. The second-order valence-corrected chi connectivity index (χ2v) is 19.5. The van der Waals surface area contributed by atoms with E-state index in [1.54, 1.807) is 0 Å². The highest BCUT2D eigenvalue weighted by molar-refractivity contribution is 5.89. The van der Waals surface area contributed by atoms with Gasteiger partial charge in [0.05, 0.1) is 47.5 Å². The summed E-state index contributed by atoms with van der Waals surface area (Å²) in [5.74, 6) is 4.57. The Balaban J connectivity index is 0.711. The maximum atomic E-state index is 8.27. The topological polar surface area (TPSA) is 70.2 Å². The van der Waals surface area contributed by atoms with Crippen LogP contribution >= 0.6 is 0 Å². The number of nitrogens with zero attached hydrogens (tertiary/aromatic N) is 10. The van der Waals surface area contributed by atoms with Gasteiger partial charge in [-0.05, 0) is 171 Å². The molecule has 0 radical (unpaired) electrons. The van der Waals surface area contributed by atoms with Gasteiger partial charge in [0.15, 0.2) is 11.6 Å². The molecule has 0 unspecified atom stereocenters. The summed E-state index contributed by atoms with van der Waals surface area (Å²) < 4.78 is 38.0. The summed E-state index contributed by atoms with van der Waals surface area (Å²) in [6, 6.07) is 57.9. The number of rotatable bonds is 10. The van der Waals surface area contributed by atoms with Crippen molar-refractivity contribution in [3.8, 4) is 23.0 Å². The Kier molecular flexibility index (Phi) is 10.00. The molecule has 0 bridgehead atoms. The van der Waals surface area contributed by atoms with E-state index >= 15 is 0 Å². The summed E-state index contributed by atoms with van der Waals surface area (Å²) >= 11 is 0. The molecule has 0 amide bonds. The average Bonchev–Trinajstić information content (AvgIpc) is 4.25. The minimum atomic E-state index is -2.29. The fourth-order valence-corrected chi connectivity index (χ4v) is 10.6. The molecule has 0 saturated heterocycles. The molecule has 4 aliphatic heterocycles. The first kappa shape index (κ1) is 41.5. The summed E-state index contributed by atoms with van der Waals surface area (Å²) in [6.45, 7) is 8.17. The normalized spacial score (nSPS) is 15.2. The van der Waals surface area contributed by atoms with Crippen molar-refractivity contribution in [2.24, 2.45) is 0 Å². The van der Waals surface area contributed by atoms with Gasteiger partial charge in [0.1, 0.15) is 36.3 Å². The zero-order chi connectivity index (χ0) is 52.7. The molecule has 0 saturated carbocycles. The average molecular weight is 976 g/mol. The molecule has 12 heteroatoms. The third-order valence-electron chi connectivity index (χ3n) is 14.8. The minimum Gasteiger partial charge on any atom is -0.457 e. The number of aryl methyl sites for hydroxylation is 4. The van der Waals surface area contributed by atoms with Gasteiger partial charge < -0.3 is 48.7 Å². The fraction of sp³-hybridized carbons (Fsp3) is 0.161. The SMILES string of the molecule is [2H]C([2H])([2H])N1CN(c2cccc(Oc3cccc(N4CN(c5ccc(N6CN(c7cccc(Oc8cccc(N9CN(C)c%10cc(C)c(C)cc%109)c8)c7)c7cccnc76)cc5)c5ncccc54)c3)c2)c2cc(C)c(C)cc21. The molecular formula is C62H56N10O2. The Morgan fingerprint density at radius 1 is 0.351 bits per heavy atom. The molecule has 0 spiro atoms. The second-order valence-electron chi connectivity index (χ2n) is 19.5. The van der Waals surface area contributed by atoms with Crippen LogP contribution in [-0.4, -0.2) is 50.7 Å². The predicted molar refractivity (Wildman–Crippen MR) is 302 cm³/mol. The first-order valence-electron chi connectivity index (χ1n) is 26.4. The zero-order valence-electron chi connectivity index (χ0n) is 44.9. The zero-order valence-corrected chi connectivity index (χ0v) is 41.9. The monoisotopic (exact) mass is 975 g/mol. The Morgan fingerprint density at radius 2 is 0.703 bits per heavy atom. The molecule has 7 aromatic carbocycles. The number of hydrogen-bond acceptors (Lipinski definition) is 12. The first-order valence-corrected chi connectivity index (χ1v) is 24.9. The van der Waals surface area contributed by atoms with Crippen molar-refractivity contribution in [2.75, 3.05) is 79.9 Å². The van der Waals surface area contributed by atoms with Crippen LogP contribution in [0.4, 0.5) is 79.9 Å². The Hall–Kier alpha value is -9.16. The molecule has 0 N–H and O–H groups in total. The van der Waals surface area contributed by atoms with Crippen LogP contribution in [0.15, 0.2) is 182 Å². The second kappa shape index (κ2) is 17.9. The van der Waals surface area contributed by atoms with E-state index in [9.17, 15) is 0 Å². The first-order chi connectivity index (χ1) is 37.3. The molecule has 0 atom stereocenters. The van der Waals surface area contributed by atoms with Crippen LogP contribution in [0.3, 0.4) is 0 Å². The van der Waals surface area contributed by atoms with E-state index in [1.165, 1.54) is 27.4 Å². The maximum absolute atomic E-state index is 8.27. The third kappa shape index (κ3) is 7.86. The van der Waals surface area contributed by atoms with E-state index in [4.69, 9.17) is 23.6 Å². The smallest absolute Gasteiger partial charge is 0.158 e. The standard InChI is InChI=1S/C62H56N10O2/c1-41-29-57-59(31-43(41)3)67(37-65(57)5)47-13-7-17-51(33-47)73-53-19-9-15-49(35-53)69-39-71(61-55(69)21-11-27-63-61)45-23-25-46(26-24-45)72-40-70(56-22-12-28-64-62(56)72)50-16-10-20-54(36-50)74-52-18-8-14-48(34-52)68-38-66(6)58-30-42(2)44(4)32-60(58)68/h7-36H,37-40H2,1-6H3/i5D3. The molecular weight excluding hydrogens is 917 g/mol. The molecule has 74 heavy (non-hydrogen) atoms. The molecule has 4 aliphatic rings. The van der Waals surface area contributed by atoms with Crippen LogP contribution in [0.5, 0.6) is 23.0 Å². The maximum Gasteiger partial charge on any atom is 0.158 e. The summed E-state index contributed by atoms with van der Waals surface area (Å²) in [5.41, 5.74) is 16.6. The molecule has 366 valence electrons. The quantitative estimate of drug-likeness (QED) is 0.131. The van der Waals surface area contributed by atoms with Gasteiger partial charge in [0.25, 0.3) is 0 Å². The lowest BCUT2D eigenvalue weighted by Crippen LogP contribution is -2.25. The van der Waals surface area contributed by atoms with Crippen LogP contribution < -0.4 is 48.7 Å². The van der Waals surface area contributed by atoms with Crippen LogP contribution in [0.1, 0.15) is 26.4 Å². The van der Waals surface area contributed by atoms with E-state index in [1.807, 2.05) is 103 Å². The molecule has 2 aromatic heterocycles. The Labute approximate surface area is 436 Å². The number of fused-ring (bicyclic) bond motifs is 4. The number of benzene rings is 7. The van der Waals surface area contributed by atoms with Crippen molar-refractivity contribution in [3.05, 3.63) is 205 Å². The van der Waals surface area contributed by atoms with Crippen molar-refractivity contribution in [2.45, 2.75) is 27.7 Å². The van der Waals surface area contributed by atoms with E-state index < -0.39 is 6.98 Å². The van der Waals surface area contributed by atoms with E-state index in [2.05, 4.69) is 148 Å². The largest absolute Gasteiger partial charge is 0.457 e. The summed E-state index contributed by atoms with van der Waals surface area (Å²) in [7, 11) is 2.14. The lowest BCUT2D eigenvalue weighted by molar-refractivity contribution is 0.482. The molecule has 0 fully saturated rings. The molecule has 0 aliphatic carbocycles. The lowest BCUT2D eigenvalue weighted by atomic mass is 10.1. The van der Waals surface area contributed by atoms with E-state index in [0.717, 1.165) is 92.1 Å². The number of ether oxygens (including phenoxy) is 2.